The molecule has 1 N–H and O–H groups in total. The van der Waals surface area contributed by atoms with Crippen LogP contribution < -0.4 is 0 Å². The summed E-state index contributed by atoms with van der Waals surface area (Å²) in [4.78, 5) is 10.5. The minimum Gasteiger partial charge on any atom is -0.478 e. The molecule has 0 atom stereocenters. The summed E-state index contributed by atoms with van der Waals surface area (Å²) < 4.78 is 0. The largest absolute Gasteiger partial charge is 0.478 e. The smallest absolute Gasteiger partial charge is 0.335 e. The van der Waals surface area contributed by atoms with E-state index in [2.05, 4.69) is 0 Å². The molecule has 3 heteroatoms. The Kier molecular flexibility index (Phi) is 4.53. The van der Waals surface area contributed by atoms with Crippen molar-refractivity contribution in [3.63, 3.8) is 0 Å². The van der Waals surface area contributed by atoms with Crippen molar-refractivity contribution in [1.29, 1.82) is 0 Å². The van der Waals surface area contributed by atoms with Crippen LogP contribution in [0.25, 0.3) is 0 Å². The molecule has 2 nitrogen and oxygen atoms in total. The second-order valence-corrected chi connectivity index (χ2v) is 2.68. The Balaban J connectivity index is 0.00000121. The number of hydrogen-bond donors (Lipinski definition) is 1. The first-order valence-corrected chi connectivity index (χ1v) is 3.41. The van der Waals surface area contributed by atoms with Crippen molar-refractivity contribution in [2.24, 2.45) is 0 Å². The minimum atomic E-state index is -0.864. The summed E-state index contributed by atoms with van der Waals surface area (Å²) in [5.41, 5.74) is 2.34. The number of rotatable bonds is 1. The van der Waals surface area contributed by atoms with Crippen molar-refractivity contribution in [1.82, 2.24) is 0 Å². The molecule has 1 rings (SSSR count). The van der Waals surface area contributed by atoms with Crippen LogP contribution in [0.5, 0.6) is 0 Å². The molecule has 1 aromatic rings. The summed E-state index contributed by atoms with van der Waals surface area (Å²) in [6.07, 6.45) is 0. The fourth-order valence-corrected chi connectivity index (χ4v) is 1.10. The van der Waals surface area contributed by atoms with Crippen molar-refractivity contribution in [3.05, 3.63) is 34.9 Å². The zero-order valence-electron chi connectivity index (χ0n) is 7.59. The first-order valence-electron chi connectivity index (χ1n) is 3.41. The zero-order valence-corrected chi connectivity index (χ0v) is 9.59. The molecule has 0 amide bonds. The average Bonchev–Trinajstić information content (AvgIpc) is 1.85. The van der Waals surface area contributed by atoms with Gasteiger partial charge in [-0.05, 0) is 26.0 Å². The van der Waals surface area contributed by atoms with Gasteiger partial charge in [-0.1, -0.05) is 17.2 Å². The molecular formula is C9H10NaO2. The predicted octanol–water partition coefficient (Wildman–Crippen LogP) is 1.62. The van der Waals surface area contributed by atoms with Gasteiger partial charge in [0.1, 0.15) is 0 Å². The Bertz CT molecular complexity index is 274. The molecule has 0 fully saturated rings. The maximum absolute atomic E-state index is 10.5. The molecule has 0 spiro atoms. The Morgan fingerprint density at radius 2 is 1.58 bits per heavy atom. The van der Waals surface area contributed by atoms with Crippen LogP contribution in [0.1, 0.15) is 21.5 Å². The van der Waals surface area contributed by atoms with Crippen molar-refractivity contribution in [3.8, 4) is 0 Å². The van der Waals surface area contributed by atoms with Gasteiger partial charge in [0.05, 0.1) is 5.56 Å². The third kappa shape index (κ3) is 2.97. The fourth-order valence-electron chi connectivity index (χ4n) is 1.10. The molecule has 0 heterocycles. The monoisotopic (exact) mass is 173 g/mol. The van der Waals surface area contributed by atoms with E-state index in [0.29, 0.717) is 5.56 Å². The van der Waals surface area contributed by atoms with E-state index in [4.69, 9.17) is 5.11 Å². The topological polar surface area (TPSA) is 37.3 Å². The van der Waals surface area contributed by atoms with E-state index in [1.807, 2.05) is 19.9 Å². The van der Waals surface area contributed by atoms with Gasteiger partial charge in [0.15, 0.2) is 0 Å². The first-order chi connectivity index (χ1) is 5.09. The van der Waals surface area contributed by atoms with Crippen molar-refractivity contribution >= 4 is 35.5 Å². The van der Waals surface area contributed by atoms with E-state index >= 15 is 0 Å². The number of carboxylic acid groups (broad SMARTS) is 1. The summed E-state index contributed by atoms with van der Waals surface area (Å²) in [7, 11) is 0. The second-order valence-electron chi connectivity index (χ2n) is 2.68. The SMILES string of the molecule is Cc1cc(C)cc(C(=O)O)c1.[Na]. The summed E-state index contributed by atoms with van der Waals surface area (Å²) in [5, 5.41) is 8.63. The van der Waals surface area contributed by atoms with Gasteiger partial charge in [-0.3, -0.25) is 0 Å². The second kappa shape index (κ2) is 4.65. The maximum Gasteiger partial charge on any atom is 0.335 e. The third-order valence-corrected chi connectivity index (χ3v) is 1.47. The Hall–Kier alpha value is -0.310. The number of hydrogen-bond acceptors (Lipinski definition) is 1. The van der Waals surface area contributed by atoms with E-state index in [-0.39, 0.29) is 29.6 Å². The average molecular weight is 173 g/mol. The predicted molar refractivity (Wildman–Crippen MR) is 48.6 cm³/mol. The number of aryl methyl sites for hydroxylation is 2. The number of carbonyl (C=O) groups is 1. The molecule has 59 valence electrons. The third-order valence-electron chi connectivity index (χ3n) is 1.47. The molecule has 12 heavy (non-hydrogen) atoms. The summed E-state index contributed by atoms with van der Waals surface area (Å²) >= 11 is 0. The van der Waals surface area contributed by atoms with Crippen molar-refractivity contribution in [2.75, 3.05) is 0 Å². The molecule has 0 aliphatic heterocycles. The number of carboxylic acids is 1. The standard InChI is InChI=1S/C9H10O2.Na/c1-6-3-7(2)5-8(4-6)9(10)11;/h3-5H,1-2H3,(H,10,11);. The molecule has 0 aliphatic rings. The molecule has 1 radical (unpaired) electrons. The summed E-state index contributed by atoms with van der Waals surface area (Å²) in [5.74, 6) is -0.864. The molecule has 0 saturated carbocycles. The quantitative estimate of drug-likeness (QED) is 0.655. The van der Waals surface area contributed by atoms with Crippen LogP contribution in [0.3, 0.4) is 0 Å². The molecule has 0 aromatic heterocycles. The molecule has 0 bridgehead atoms. The molecule has 0 unspecified atom stereocenters. The van der Waals surface area contributed by atoms with Gasteiger partial charge in [-0.25, -0.2) is 4.79 Å². The van der Waals surface area contributed by atoms with Crippen LogP contribution in [0.15, 0.2) is 18.2 Å². The van der Waals surface area contributed by atoms with Gasteiger partial charge in [0.2, 0.25) is 0 Å². The molecule has 0 aliphatic carbocycles. The van der Waals surface area contributed by atoms with Crippen LogP contribution >= 0.6 is 0 Å². The van der Waals surface area contributed by atoms with Crippen LogP contribution in [0, 0.1) is 13.8 Å². The number of benzene rings is 1. The van der Waals surface area contributed by atoms with E-state index in [1.165, 1.54) is 0 Å². The van der Waals surface area contributed by atoms with Gasteiger partial charge in [0.25, 0.3) is 0 Å². The Morgan fingerprint density at radius 3 is 1.92 bits per heavy atom. The van der Waals surface area contributed by atoms with Crippen molar-refractivity contribution in [2.45, 2.75) is 13.8 Å². The van der Waals surface area contributed by atoms with Gasteiger partial charge in [0, 0.05) is 29.6 Å². The molecule has 0 saturated heterocycles. The summed E-state index contributed by atoms with van der Waals surface area (Å²) in [6.45, 7) is 3.78. The van der Waals surface area contributed by atoms with Crippen LogP contribution in [-0.2, 0) is 0 Å². The maximum atomic E-state index is 10.5. The van der Waals surface area contributed by atoms with Crippen LogP contribution in [0.4, 0.5) is 0 Å². The van der Waals surface area contributed by atoms with E-state index in [9.17, 15) is 4.79 Å². The summed E-state index contributed by atoms with van der Waals surface area (Å²) in [6, 6.07) is 5.27. The fraction of sp³-hybridized carbons (Fsp3) is 0.222. The van der Waals surface area contributed by atoms with Crippen LogP contribution in [0.2, 0.25) is 0 Å². The van der Waals surface area contributed by atoms with Gasteiger partial charge in [-0.2, -0.15) is 0 Å². The van der Waals surface area contributed by atoms with E-state index < -0.39 is 5.97 Å². The minimum absolute atomic E-state index is 0. The van der Waals surface area contributed by atoms with E-state index in [1.54, 1.807) is 12.1 Å². The van der Waals surface area contributed by atoms with Gasteiger partial charge < -0.3 is 5.11 Å². The number of aromatic carboxylic acids is 1. The van der Waals surface area contributed by atoms with Gasteiger partial charge in [-0.15, -0.1) is 0 Å². The van der Waals surface area contributed by atoms with Crippen molar-refractivity contribution < 1.29 is 9.90 Å². The zero-order chi connectivity index (χ0) is 8.43. The Labute approximate surface area is 93.9 Å². The molecular weight excluding hydrogens is 163 g/mol. The first kappa shape index (κ1) is 11.7. The molecule has 1 aromatic carbocycles. The van der Waals surface area contributed by atoms with Crippen LogP contribution in [-0.4, -0.2) is 40.6 Å². The van der Waals surface area contributed by atoms with Gasteiger partial charge >= 0.3 is 5.97 Å². The normalized spacial score (nSPS) is 8.83. The Morgan fingerprint density at radius 1 is 1.17 bits per heavy atom. The van der Waals surface area contributed by atoms with E-state index in [0.717, 1.165) is 11.1 Å².